The van der Waals surface area contributed by atoms with E-state index in [2.05, 4.69) is 5.32 Å². The molecule has 1 saturated heterocycles. The van der Waals surface area contributed by atoms with Crippen LogP contribution in [-0.2, 0) is 16.0 Å². The van der Waals surface area contributed by atoms with E-state index in [1.165, 1.54) is 0 Å². The van der Waals surface area contributed by atoms with Crippen LogP contribution in [0.25, 0.3) is 0 Å². The number of anilines is 1. The number of amides is 2. The van der Waals surface area contributed by atoms with Crippen molar-refractivity contribution in [3.63, 3.8) is 0 Å². The van der Waals surface area contributed by atoms with Crippen LogP contribution in [0.5, 0.6) is 5.75 Å². The minimum absolute atomic E-state index is 0.0299. The lowest BCUT2D eigenvalue weighted by Gasteiger charge is -2.23. The molecule has 1 heterocycles. The highest BCUT2D eigenvalue weighted by molar-refractivity contribution is 7.80. The van der Waals surface area contributed by atoms with Crippen LogP contribution in [0.4, 0.5) is 5.69 Å². The normalized spacial score (nSPS) is 16.2. The molecule has 8 heteroatoms. The summed E-state index contributed by atoms with van der Waals surface area (Å²) in [6.07, 6.45) is 0.723. The summed E-state index contributed by atoms with van der Waals surface area (Å²) in [5.41, 5.74) is 1.74. The average molecular weight is 446 g/mol. The van der Waals surface area contributed by atoms with Gasteiger partial charge in [0.2, 0.25) is 5.91 Å². The predicted molar refractivity (Wildman–Crippen MR) is 122 cm³/mol. The van der Waals surface area contributed by atoms with Crippen molar-refractivity contribution in [3.8, 4) is 5.75 Å². The third-order valence-electron chi connectivity index (χ3n) is 5.03. The minimum atomic E-state index is -0.608. The van der Waals surface area contributed by atoms with Gasteiger partial charge in [0.05, 0.1) is 13.5 Å². The van der Waals surface area contributed by atoms with Crippen molar-refractivity contribution in [1.29, 1.82) is 0 Å². The second kappa shape index (κ2) is 9.91. The molecule has 30 heavy (non-hydrogen) atoms. The molecule has 1 aliphatic heterocycles. The van der Waals surface area contributed by atoms with Gasteiger partial charge < -0.3 is 15.0 Å². The van der Waals surface area contributed by atoms with E-state index >= 15 is 0 Å². The predicted octanol–water partition coefficient (Wildman–Crippen LogP) is 3.74. The van der Waals surface area contributed by atoms with Crippen molar-refractivity contribution >= 4 is 46.4 Å². The number of ether oxygens (including phenoxy) is 1. The largest absolute Gasteiger partial charge is 0.497 e. The van der Waals surface area contributed by atoms with Crippen LogP contribution in [0, 0.1) is 0 Å². The summed E-state index contributed by atoms with van der Waals surface area (Å²) < 4.78 is 5.12. The lowest BCUT2D eigenvalue weighted by atomic mass is 10.1. The Morgan fingerprint density at radius 2 is 1.83 bits per heavy atom. The van der Waals surface area contributed by atoms with Gasteiger partial charge in [-0.25, -0.2) is 0 Å². The zero-order valence-electron chi connectivity index (χ0n) is 16.9. The molecular formula is C22H24ClN3O3S. The van der Waals surface area contributed by atoms with E-state index in [0.717, 1.165) is 5.56 Å². The van der Waals surface area contributed by atoms with Gasteiger partial charge in [-0.3, -0.25) is 14.5 Å². The lowest BCUT2D eigenvalue weighted by Crippen LogP contribution is -2.39. The Hall–Kier alpha value is -2.64. The minimum Gasteiger partial charge on any atom is -0.497 e. The van der Waals surface area contributed by atoms with Crippen LogP contribution >= 0.6 is 23.8 Å². The molecule has 0 aliphatic carbocycles. The molecule has 1 atom stereocenters. The first kappa shape index (κ1) is 22.1. The number of benzene rings is 2. The first-order chi connectivity index (χ1) is 14.4. The Kier molecular flexibility index (Phi) is 7.29. The number of hydrogen-bond donors (Lipinski definition) is 1. The topological polar surface area (TPSA) is 61.9 Å². The average Bonchev–Trinajstić information content (AvgIpc) is 2.96. The molecule has 0 saturated carbocycles. The first-order valence-corrected chi connectivity index (χ1v) is 10.5. The number of likely N-dealkylation sites (N-methyl/N-ethyl adjacent to an activating group) is 1. The van der Waals surface area contributed by atoms with Gasteiger partial charge in [-0.1, -0.05) is 23.7 Å². The number of carbonyl (C=O) groups excluding carboxylic acids is 2. The van der Waals surface area contributed by atoms with E-state index in [1.807, 2.05) is 36.1 Å². The fourth-order valence-corrected chi connectivity index (χ4v) is 3.96. The molecule has 0 unspecified atom stereocenters. The number of nitrogens with one attached hydrogen (secondary N) is 1. The second-order valence-electron chi connectivity index (χ2n) is 6.93. The number of nitrogens with zero attached hydrogens (tertiary/aromatic N) is 2. The van der Waals surface area contributed by atoms with Gasteiger partial charge in [0.25, 0.3) is 5.91 Å². The summed E-state index contributed by atoms with van der Waals surface area (Å²) in [6, 6.07) is 14.0. The molecule has 0 aromatic heterocycles. The molecule has 1 aliphatic rings. The van der Waals surface area contributed by atoms with Crippen LogP contribution in [0.3, 0.4) is 0 Å². The smallest absolute Gasteiger partial charge is 0.252 e. The number of rotatable bonds is 8. The molecule has 158 valence electrons. The van der Waals surface area contributed by atoms with Crippen molar-refractivity contribution in [1.82, 2.24) is 9.80 Å². The molecule has 2 amide bonds. The third-order valence-corrected chi connectivity index (χ3v) is 5.73. The van der Waals surface area contributed by atoms with E-state index in [1.54, 1.807) is 36.3 Å². The van der Waals surface area contributed by atoms with Crippen LogP contribution in [0.1, 0.15) is 18.9 Å². The number of hydrogen-bond acceptors (Lipinski definition) is 4. The molecule has 1 fully saturated rings. The summed E-state index contributed by atoms with van der Waals surface area (Å²) in [4.78, 5) is 28.9. The van der Waals surface area contributed by atoms with E-state index in [0.29, 0.717) is 41.1 Å². The molecule has 6 nitrogen and oxygen atoms in total. The number of carbonyl (C=O) groups is 2. The van der Waals surface area contributed by atoms with Gasteiger partial charge in [0.15, 0.2) is 5.11 Å². The first-order valence-electron chi connectivity index (χ1n) is 9.73. The Morgan fingerprint density at radius 3 is 2.43 bits per heavy atom. The summed E-state index contributed by atoms with van der Waals surface area (Å²) in [7, 11) is 1.58. The van der Waals surface area contributed by atoms with Crippen molar-refractivity contribution in [2.45, 2.75) is 25.8 Å². The second-order valence-corrected chi connectivity index (χ2v) is 7.73. The van der Waals surface area contributed by atoms with Crippen LogP contribution in [0.15, 0.2) is 48.5 Å². The Labute approximate surface area is 186 Å². The van der Waals surface area contributed by atoms with Crippen LogP contribution in [0.2, 0.25) is 5.02 Å². The quantitative estimate of drug-likeness (QED) is 0.627. The number of thiocarbonyl (C=S) groups is 1. The summed E-state index contributed by atoms with van der Waals surface area (Å²) in [5, 5.41) is 3.99. The molecule has 2 aromatic rings. The lowest BCUT2D eigenvalue weighted by molar-refractivity contribution is -0.130. The van der Waals surface area contributed by atoms with Crippen molar-refractivity contribution < 1.29 is 14.3 Å². The third kappa shape index (κ3) is 5.09. The highest BCUT2D eigenvalue weighted by Gasteiger charge is 2.42. The van der Waals surface area contributed by atoms with E-state index in [9.17, 15) is 9.59 Å². The standard InChI is InChI=1S/C22H24ClN3O3S/c1-3-25-21(28)19(14-20(27)24-17-8-10-18(29-2)11-9-17)26(22(25)30)13-12-15-4-6-16(23)7-5-15/h4-11,19H,3,12-14H2,1-2H3,(H,24,27)/t19-/m1/s1. The zero-order valence-corrected chi connectivity index (χ0v) is 18.5. The van der Waals surface area contributed by atoms with E-state index < -0.39 is 6.04 Å². The molecule has 0 bridgehead atoms. The maximum absolute atomic E-state index is 12.9. The number of halogens is 1. The van der Waals surface area contributed by atoms with Gasteiger partial charge in [-0.05, 0) is 67.5 Å². The van der Waals surface area contributed by atoms with Crippen LogP contribution in [-0.4, -0.2) is 53.0 Å². The molecule has 0 spiro atoms. The maximum Gasteiger partial charge on any atom is 0.252 e. The Balaban J connectivity index is 1.68. The summed E-state index contributed by atoms with van der Waals surface area (Å²) in [5.74, 6) is 0.329. The highest BCUT2D eigenvalue weighted by atomic mass is 35.5. The van der Waals surface area contributed by atoms with E-state index in [4.69, 9.17) is 28.6 Å². The van der Waals surface area contributed by atoms with Crippen molar-refractivity contribution in [3.05, 3.63) is 59.1 Å². The number of methoxy groups -OCH3 is 1. The maximum atomic E-state index is 12.9. The summed E-state index contributed by atoms with van der Waals surface area (Å²) >= 11 is 11.5. The summed E-state index contributed by atoms with van der Waals surface area (Å²) in [6.45, 7) is 2.90. The molecule has 2 aromatic carbocycles. The fraction of sp³-hybridized carbons (Fsp3) is 0.318. The zero-order chi connectivity index (χ0) is 21.7. The Morgan fingerprint density at radius 1 is 1.17 bits per heavy atom. The fourth-order valence-electron chi connectivity index (χ4n) is 3.40. The highest BCUT2D eigenvalue weighted by Crippen LogP contribution is 2.23. The van der Waals surface area contributed by atoms with Gasteiger partial charge in [-0.15, -0.1) is 0 Å². The molecular weight excluding hydrogens is 422 g/mol. The van der Waals surface area contributed by atoms with Gasteiger partial charge in [0.1, 0.15) is 11.8 Å². The SMILES string of the molecule is CCN1C(=O)[C@@H](CC(=O)Nc2ccc(OC)cc2)N(CCc2ccc(Cl)cc2)C1=S. The molecule has 1 N–H and O–H groups in total. The van der Waals surface area contributed by atoms with Gasteiger partial charge in [0, 0.05) is 23.8 Å². The van der Waals surface area contributed by atoms with Crippen LogP contribution < -0.4 is 10.1 Å². The molecule has 0 radical (unpaired) electrons. The Bertz CT molecular complexity index is 918. The molecule has 3 rings (SSSR count). The van der Waals surface area contributed by atoms with Crippen molar-refractivity contribution in [2.75, 3.05) is 25.5 Å². The van der Waals surface area contributed by atoms with Crippen molar-refractivity contribution in [2.24, 2.45) is 0 Å². The van der Waals surface area contributed by atoms with Gasteiger partial charge in [-0.2, -0.15) is 0 Å². The van der Waals surface area contributed by atoms with Gasteiger partial charge >= 0.3 is 0 Å². The monoisotopic (exact) mass is 445 g/mol. The van der Waals surface area contributed by atoms with E-state index in [-0.39, 0.29) is 18.2 Å².